The number of hydrogen-bond acceptors (Lipinski definition) is 3. The van der Waals surface area contributed by atoms with Gasteiger partial charge in [0.2, 0.25) is 15.9 Å². The van der Waals surface area contributed by atoms with E-state index < -0.39 is 22.2 Å². The summed E-state index contributed by atoms with van der Waals surface area (Å²) in [6.45, 7) is 2.90. The highest BCUT2D eigenvalue weighted by atomic mass is 32.2. The summed E-state index contributed by atoms with van der Waals surface area (Å²) in [7, 11) is -3.90. The highest BCUT2D eigenvalue weighted by molar-refractivity contribution is 7.89. The van der Waals surface area contributed by atoms with Gasteiger partial charge >= 0.3 is 0 Å². The van der Waals surface area contributed by atoms with Crippen LogP contribution in [0.1, 0.15) is 38.2 Å². The van der Waals surface area contributed by atoms with Crippen LogP contribution in [-0.4, -0.2) is 55.4 Å². The van der Waals surface area contributed by atoms with Crippen molar-refractivity contribution in [3.8, 4) is 0 Å². The van der Waals surface area contributed by atoms with Crippen LogP contribution in [0.5, 0.6) is 0 Å². The Bertz CT molecular complexity index is 732. The zero-order valence-corrected chi connectivity index (χ0v) is 15.3. The number of carbonyl (C=O) groups excluding carboxylic acids is 1. The van der Waals surface area contributed by atoms with Crippen LogP contribution in [0.4, 0.5) is 4.39 Å². The van der Waals surface area contributed by atoms with E-state index in [1.807, 2.05) is 6.92 Å². The molecule has 0 N–H and O–H groups in total. The van der Waals surface area contributed by atoms with Gasteiger partial charge in [-0.1, -0.05) is 25.1 Å². The third kappa shape index (κ3) is 3.58. The lowest BCUT2D eigenvalue weighted by atomic mass is 10.1. The van der Waals surface area contributed by atoms with Gasteiger partial charge in [-0.15, -0.1) is 0 Å². The number of aryl methyl sites for hydroxylation is 1. The van der Waals surface area contributed by atoms with E-state index in [-0.39, 0.29) is 23.8 Å². The van der Waals surface area contributed by atoms with Gasteiger partial charge in [0.25, 0.3) is 0 Å². The van der Waals surface area contributed by atoms with Crippen LogP contribution in [0.2, 0.25) is 0 Å². The molecule has 2 heterocycles. The number of benzene rings is 1. The quantitative estimate of drug-likeness (QED) is 0.820. The van der Waals surface area contributed by atoms with Crippen molar-refractivity contribution in [3.05, 3.63) is 29.8 Å². The third-order valence-electron chi connectivity index (χ3n) is 5.10. The molecule has 0 aromatic heterocycles. The van der Waals surface area contributed by atoms with Crippen molar-refractivity contribution in [1.29, 1.82) is 0 Å². The number of sulfonamides is 1. The maximum absolute atomic E-state index is 14.1. The predicted molar refractivity (Wildman–Crippen MR) is 93.4 cm³/mol. The number of carbonyl (C=O) groups is 1. The number of nitrogens with zero attached hydrogens (tertiary/aromatic N) is 2. The van der Waals surface area contributed by atoms with Gasteiger partial charge in [0.05, 0.1) is 4.90 Å². The van der Waals surface area contributed by atoms with Crippen LogP contribution < -0.4 is 0 Å². The molecule has 2 fully saturated rings. The van der Waals surface area contributed by atoms with Gasteiger partial charge in [-0.05, 0) is 37.3 Å². The standard InChI is InChI=1S/C18H25FN2O3S/c1-2-14-8-4-5-9-17(14)25(23,24)21-13-15(19)12-16(21)18(22)20-10-6-3-7-11-20/h4-5,8-9,15-16H,2-3,6-7,10-13H2,1H3. The molecule has 1 amide bonds. The van der Waals surface area contributed by atoms with Crippen LogP contribution in [0.15, 0.2) is 29.2 Å². The first-order chi connectivity index (χ1) is 11.9. The van der Waals surface area contributed by atoms with Crippen LogP contribution in [0.25, 0.3) is 0 Å². The summed E-state index contributed by atoms with van der Waals surface area (Å²) >= 11 is 0. The maximum Gasteiger partial charge on any atom is 0.244 e. The molecule has 2 aliphatic heterocycles. The SMILES string of the molecule is CCc1ccccc1S(=O)(=O)N1CC(F)CC1C(=O)N1CCCCC1. The molecule has 0 bridgehead atoms. The van der Waals surface area contributed by atoms with E-state index in [4.69, 9.17) is 0 Å². The van der Waals surface area contributed by atoms with E-state index in [2.05, 4.69) is 0 Å². The van der Waals surface area contributed by atoms with Crippen molar-refractivity contribution >= 4 is 15.9 Å². The average molecular weight is 368 g/mol. The van der Waals surface area contributed by atoms with Gasteiger partial charge in [-0.2, -0.15) is 4.31 Å². The number of alkyl halides is 1. The molecular formula is C18H25FN2O3S. The summed E-state index contributed by atoms with van der Waals surface area (Å²) in [6.07, 6.45) is 2.12. The molecule has 0 spiro atoms. The lowest BCUT2D eigenvalue weighted by Gasteiger charge is -2.32. The zero-order valence-electron chi connectivity index (χ0n) is 14.5. The number of halogens is 1. The highest BCUT2D eigenvalue weighted by Crippen LogP contribution is 2.31. The maximum atomic E-state index is 14.1. The van der Waals surface area contributed by atoms with E-state index in [9.17, 15) is 17.6 Å². The Hall–Kier alpha value is -1.47. The Balaban J connectivity index is 1.91. The Morgan fingerprint density at radius 1 is 1.20 bits per heavy atom. The summed E-state index contributed by atoms with van der Waals surface area (Å²) < 4.78 is 41.5. The minimum atomic E-state index is -3.90. The average Bonchev–Trinajstić information content (AvgIpc) is 3.04. The van der Waals surface area contributed by atoms with Crippen LogP contribution >= 0.6 is 0 Å². The van der Waals surface area contributed by atoms with E-state index in [1.165, 1.54) is 0 Å². The fourth-order valence-electron chi connectivity index (χ4n) is 3.75. The monoisotopic (exact) mass is 368 g/mol. The third-order valence-corrected chi connectivity index (χ3v) is 7.07. The van der Waals surface area contributed by atoms with Crippen molar-refractivity contribution in [1.82, 2.24) is 9.21 Å². The van der Waals surface area contributed by atoms with Gasteiger partial charge in [-0.25, -0.2) is 12.8 Å². The molecule has 0 saturated carbocycles. The smallest absolute Gasteiger partial charge is 0.244 e. The molecular weight excluding hydrogens is 343 g/mol. The molecule has 1 aromatic rings. The van der Waals surface area contributed by atoms with Gasteiger partial charge < -0.3 is 4.90 Å². The highest BCUT2D eigenvalue weighted by Gasteiger charge is 2.46. The largest absolute Gasteiger partial charge is 0.341 e. The molecule has 7 heteroatoms. The molecule has 0 aliphatic carbocycles. The second-order valence-corrected chi connectivity index (χ2v) is 8.63. The summed E-state index contributed by atoms with van der Waals surface area (Å²) in [5.41, 5.74) is 0.689. The van der Waals surface area contributed by atoms with Crippen molar-refractivity contribution in [2.75, 3.05) is 19.6 Å². The van der Waals surface area contributed by atoms with Crippen molar-refractivity contribution in [2.45, 2.75) is 56.1 Å². The zero-order chi connectivity index (χ0) is 18.0. The Kier molecular flexibility index (Phi) is 5.43. The lowest BCUT2D eigenvalue weighted by molar-refractivity contribution is -0.135. The molecule has 2 unspecified atom stereocenters. The van der Waals surface area contributed by atoms with Gasteiger partial charge in [-0.3, -0.25) is 4.79 Å². The van der Waals surface area contributed by atoms with Gasteiger partial charge in [0, 0.05) is 26.1 Å². The summed E-state index contributed by atoms with van der Waals surface area (Å²) in [5, 5.41) is 0. The molecule has 3 rings (SSSR count). The molecule has 1 aromatic carbocycles. The molecule has 2 saturated heterocycles. The number of amides is 1. The number of likely N-dealkylation sites (tertiary alicyclic amines) is 1. The van der Waals surface area contributed by atoms with E-state index >= 15 is 0 Å². The fraction of sp³-hybridized carbons (Fsp3) is 0.611. The first kappa shape index (κ1) is 18.3. The Labute approximate surface area is 148 Å². The number of rotatable bonds is 4. The van der Waals surface area contributed by atoms with Crippen LogP contribution in [0, 0.1) is 0 Å². The number of piperidine rings is 1. The predicted octanol–water partition coefficient (Wildman–Crippen LogP) is 2.36. The summed E-state index contributed by atoms with van der Waals surface area (Å²) in [6, 6.07) is 5.83. The Morgan fingerprint density at radius 2 is 1.88 bits per heavy atom. The normalized spacial score (nSPS) is 25.3. The van der Waals surface area contributed by atoms with Gasteiger partial charge in [0.1, 0.15) is 12.2 Å². The topological polar surface area (TPSA) is 57.7 Å². The summed E-state index contributed by atoms with van der Waals surface area (Å²) in [5.74, 6) is -0.252. The Morgan fingerprint density at radius 3 is 2.56 bits per heavy atom. The van der Waals surface area contributed by atoms with E-state index in [0.29, 0.717) is 25.1 Å². The number of hydrogen-bond donors (Lipinski definition) is 0. The lowest BCUT2D eigenvalue weighted by Crippen LogP contribution is -2.49. The first-order valence-electron chi connectivity index (χ1n) is 8.97. The van der Waals surface area contributed by atoms with Crippen molar-refractivity contribution in [3.63, 3.8) is 0 Å². The molecule has 0 radical (unpaired) electrons. The summed E-state index contributed by atoms with van der Waals surface area (Å²) in [4.78, 5) is 14.7. The van der Waals surface area contributed by atoms with Crippen molar-refractivity contribution < 1.29 is 17.6 Å². The van der Waals surface area contributed by atoms with Gasteiger partial charge in [0.15, 0.2) is 0 Å². The second-order valence-electron chi connectivity index (χ2n) is 6.77. The molecule has 2 atom stereocenters. The molecule has 138 valence electrons. The molecule has 25 heavy (non-hydrogen) atoms. The minimum absolute atomic E-state index is 0.0527. The molecule has 2 aliphatic rings. The fourth-order valence-corrected chi connectivity index (χ4v) is 5.66. The van der Waals surface area contributed by atoms with Crippen molar-refractivity contribution in [2.24, 2.45) is 0 Å². The van der Waals surface area contributed by atoms with Crippen LogP contribution in [-0.2, 0) is 21.2 Å². The van der Waals surface area contributed by atoms with Crippen LogP contribution in [0.3, 0.4) is 0 Å². The minimum Gasteiger partial charge on any atom is -0.341 e. The first-order valence-corrected chi connectivity index (χ1v) is 10.4. The second kappa shape index (κ2) is 7.41. The van der Waals surface area contributed by atoms with E-state index in [1.54, 1.807) is 29.2 Å². The molecule has 5 nitrogen and oxygen atoms in total. The van der Waals surface area contributed by atoms with E-state index in [0.717, 1.165) is 23.6 Å².